The van der Waals surface area contributed by atoms with Crippen molar-refractivity contribution in [2.24, 2.45) is 0 Å². The number of phenols is 1. The minimum Gasteiger partial charge on any atom is -0.506 e. The van der Waals surface area contributed by atoms with Crippen molar-refractivity contribution < 1.29 is 9.52 Å². The van der Waals surface area contributed by atoms with Crippen LogP contribution in [-0.2, 0) is 0 Å². The van der Waals surface area contributed by atoms with Gasteiger partial charge in [-0.05, 0) is 6.07 Å². The van der Waals surface area contributed by atoms with Gasteiger partial charge in [0, 0.05) is 26.9 Å². The lowest BCUT2D eigenvalue weighted by atomic mass is 9.94. The van der Waals surface area contributed by atoms with Crippen LogP contribution in [0.2, 0.25) is 0 Å². The largest absolute Gasteiger partial charge is 0.506 e. The zero-order valence-corrected chi connectivity index (χ0v) is 12.1. The van der Waals surface area contributed by atoms with Crippen molar-refractivity contribution in [3.63, 3.8) is 0 Å². The summed E-state index contributed by atoms with van der Waals surface area (Å²) >= 11 is 0. The highest BCUT2D eigenvalue weighted by Gasteiger charge is 2.23. The number of hydrogen-bond acceptors (Lipinski definition) is 5. The Bertz CT molecular complexity index is 1460. The second kappa shape index (κ2) is 4.08. The van der Waals surface area contributed by atoms with Crippen LogP contribution in [0.4, 0.5) is 0 Å². The van der Waals surface area contributed by atoms with Crippen LogP contribution in [0.15, 0.2) is 61.3 Å². The first-order valence-corrected chi connectivity index (χ1v) is 7.32. The molecular weight excluding hydrogens is 308 g/mol. The maximum absolute atomic E-state index is 12.6. The fourth-order valence-corrected chi connectivity index (χ4v) is 3.52. The van der Waals surface area contributed by atoms with Crippen molar-refractivity contribution in [3.8, 4) is 5.75 Å². The second-order valence-corrected chi connectivity index (χ2v) is 5.75. The summed E-state index contributed by atoms with van der Waals surface area (Å²) in [5.41, 5.74) is -1.89. The van der Waals surface area contributed by atoms with Crippen molar-refractivity contribution in [2.45, 2.75) is 0 Å². The number of fused-ring (bicyclic) bond motifs is 2. The molecule has 1 N–H and O–H groups in total. The van der Waals surface area contributed by atoms with Crippen LogP contribution in [-0.4, -0.2) is 5.11 Å². The van der Waals surface area contributed by atoms with Gasteiger partial charge in [0.25, 0.3) is 0 Å². The third-order valence-electron chi connectivity index (χ3n) is 4.55. The lowest BCUT2D eigenvalue weighted by Crippen LogP contribution is -2.25. The molecule has 24 heavy (non-hydrogen) atoms. The van der Waals surface area contributed by atoms with E-state index in [1.807, 2.05) is 0 Å². The molecule has 5 nitrogen and oxygen atoms in total. The van der Waals surface area contributed by atoms with Crippen LogP contribution < -0.4 is 16.5 Å². The highest BCUT2D eigenvalue weighted by Crippen LogP contribution is 2.40. The molecule has 0 atom stereocenters. The van der Waals surface area contributed by atoms with Gasteiger partial charge in [-0.15, -0.1) is 0 Å². The minimum absolute atomic E-state index is 0.0962. The predicted octanol–water partition coefficient (Wildman–Crippen LogP) is 2.55. The lowest BCUT2D eigenvalue weighted by Gasteiger charge is -2.12. The molecule has 0 aliphatic carbocycles. The Kier molecular flexibility index (Phi) is 2.21. The summed E-state index contributed by atoms with van der Waals surface area (Å²) in [4.78, 5) is 37.4. The standard InChI is InChI=1S/C19H8O5/c20-15-8-4-1-2-5-9(8)18-13-12-10(16(21)17(22)14(13)15)6-3-7-11(12)19(23)24-18/h1-7,20H. The molecule has 0 aliphatic rings. The fraction of sp³-hybridized carbons (Fsp3) is 0. The maximum Gasteiger partial charge on any atom is 0.344 e. The average molecular weight is 316 g/mol. The number of phenolic OH excluding ortho intramolecular Hbond substituents is 1. The van der Waals surface area contributed by atoms with E-state index in [4.69, 9.17) is 4.42 Å². The van der Waals surface area contributed by atoms with E-state index < -0.39 is 16.5 Å². The Hall–Kier alpha value is -3.47. The Labute approximate surface area is 132 Å². The molecule has 0 spiro atoms. The molecule has 0 radical (unpaired) electrons. The van der Waals surface area contributed by atoms with Crippen molar-refractivity contribution in [2.75, 3.05) is 0 Å². The Morgan fingerprint density at radius 3 is 2.12 bits per heavy atom. The van der Waals surface area contributed by atoms with Crippen LogP contribution in [0.1, 0.15) is 0 Å². The second-order valence-electron chi connectivity index (χ2n) is 5.75. The van der Waals surface area contributed by atoms with E-state index in [0.29, 0.717) is 21.5 Å². The SMILES string of the molecule is O=c1oc2c3ccccc3c(O)c3c(=O)c(=O)c4cccc1c4c32. The highest BCUT2D eigenvalue weighted by molar-refractivity contribution is 6.28. The number of rotatable bonds is 0. The van der Waals surface area contributed by atoms with E-state index in [0.717, 1.165) is 0 Å². The average Bonchev–Trinajstić information content (AvgIpc) is 2.61. The van der Waals surface area contributed by atoms with Gasteiger partial charge in [0.2, 0.25) is 10.9 Å². The summed E-state index contributed by atoms with van der Waals surface area (Å²) in [5, 5.41) is 12.5. The first kappa shape index (κ1) is 13.0. The molecule has 1 heterocycles. The molecule has 0 unspecified atom stereocenters. The van der Waals surface area contributed by atoms with Crippen molar-refractivity contribution in [1.29, 1.82) is 0 Å². The molecular formula is C19H8O5. The first-order valence-electron chi connectivity index (χ1n) is 7.32. The van der Waals surface area contributed by atoms with E-state index in [1.54, 1.807) is 30.3 Å². The summed E-state index contributed by atoms with van der Waals surface area (Å²) in [5.74, 6) is -0.263. The summed E-state index contributed by atoms with van der Waals surface area (Å²) in [6.45, 7) is 0. The maximum atomic E-state index is 12.6. The van der Waals surface area contributed by atoms with Crippen molar-refractivity contribution in [1.82, 2.24) is 0 Å². The summed E-state index contributed by atoms with van der Waals surface area (Å²) in [6.07, 6.45) is 0. The van der Waals surface area contributed by atoms with E-state index in [-0.39, 0.29) is 27.5 Å². The molecule has 0 bridgehead atoms. The van der Waals surface area contributed by atoms with E-state index in [9.17, 15) is 19.5 Å². The van der Waals surface area contributed by atoms with Crippen LogP contribution in [0.3, 0.4) is 0 Å². The van der Waals surface area contributed by atoms with Gasteiger partial charge in [-0.2, -0.15) is 0 Å². The monoisotopic (exact) mass is 316 g/mol. The normalized spacial score (nSPS) is 12.0. The number of aromatic hydroxyl groups is 1. The van der Waals surface area contributed by atoms with Gasteiger partial charge in [0.1, 0.15) is 11.3 Å². The molecule has 0 aliphatic heterocycles. The number of benzene rings is 4. The molecule has 0 fully saturated rings. The van der Waals surface area contributed by atoms with Gasteiger partial charge in [-0.25, -0.2) is 4.79 Å². The molecule has 0 saturated carbocycles. The van der Waals surface area contributed by atoms with E-state index >= 15 is 0 Å². The van der Waals surface area contributed by atoms with Gasteiger partial charge in [-0.3, -0.25) is 9.59 Å². The first-order chi connectivity index (χ1) is 11.6. The molecule has 4 aromatic carbocycles. The van der Waals surface area contributed by atoms with Crippen molar-refractivity contribution in [3.05, 3.63) is 73.3 Å². The molecule has 5 aromatic rings. The quantitative estimate of drug-likeness (QED) is 0.205. The third kappa shape index (κ3) is 1.33. The zero-order valence-electron chi connectivity index (χ0n) is 12.1. The molecule has 0 amide bonds. The summed E-state index contributed by atoms with van der Waals surface area (Å²) in [7, 11) is 0. The highest BCUT2D eigenvalue weighted by atomic mass is 16.4. The van der Waals surface area contributed by atoms with Crippen LogP contribution >= 0.6 is 0 Å². The van der Waals surface area contributed by atoms with Gasteiger partial charge >= 0.3 is 5.63 Å². The predicted molar refractivity (Wildman–Crippen MR) is 91.6 cm³/mol. The zero-order chi connectivity index (χ0) is 16.6. The van der Waals surface area contributed by atoms with Gasteiger partial charge < -0.3 is 9.52 Å². The Morgan fingerprint density at radius 1 is 0.667 bits per heavy atom. The van der Waals surface area contributed by atoms with Gasteiger partial charge in [-0.1, -0.05) is 36.4 Å². The fourth-order valence-electron chi connectivity index (χ4n) is 3.52. The Morgan fingerprint density at radius 2 is 1.33 bits per heavy atom. The molecule has 1 aromatic heterocycles. The molecule has 114 valence electrons. The summed E-state index contributed by atoms with van der Waals surface area (Å²) < 4.78 is 5.47. The molecule has 5 rings (SSSR count). The summed E-state index contributed by atoms with van der Waals surface area (Å²) in [6, 6.07) is 11.4. The van der Waals surface area contributed by atoms with E-state index in [2.05, 4.69) is 0 Å². The molecule has 5 heteroatoms. The van der Waals surface area contributed by atoms with Crippen LogP contribution in [0.5, 0.6) is 5.75 Å². The third-order valence-corrected chi connectivity index (χ3v) is 4.55. The van der Waals surface area contributed by atoms with Crippen LogP contribution in [0, 0.1) is 0 Å². The minimum atomic E-state index is -0.794. The molecule has 0 saturated heterocycles. The van der Waals surface area contributed by atoms with Crippen LogP contribution in [0.25, 0.3) is 43.3 Å². The smallest absolute Gasteiger partial charge is 0.344 e. The number of hydrogen-bond donors (Lipinski definition) is 1. The van der Waals surface area contributed by atoms with Gasteiger partial charge in [0.05, 0.1) is 10.8 Å². The van der Waals surface area contributed by atoms with Gasteiger partial charge in [0.15, 0.2) is 0 Å². The lowest BCUT2D eigenvalue weighted by molar-refractivity contribution is 0.487. The van der Waals surface area contributed by atoms with Crippen molar-refractivity contribution >= 4 is 43.3 Å². The Balaban J connectivity index is 2.39. The van der Waals surface area contributed by atoms with E-state index in [1.165, 1.54) is 12.1 Å². The topological polar surface area (TPSA) is 84.6 Å².